The van der Waals surface area contributed by atoms with Crippen LogP contribution in [0.2, 0.25) is 0 Å². The lowest BCUT2D eigenvalue weighted by atomic mass is 10.1. The summed E-state index contributed by atoms with van der Waals surface area (Å²) in [7, 11) is 0. The Kier molecular flexibility index (Phi) is 13.6. The summed E-state index contributed by atoms with van der Waals surface area (Å²) in [6, 6.07) is 21.4. The molecular formula is C26H41N3S. The minimum absolute atomic E-state index is 0.335. The molecule has 2 aromatic rings. The molecule has 0 amide bonds. The molecule has 0 radical (unpaired) electrons. The molecule has 0 saturated heterocycles. The van der Waals surface area contributed by atoms with Gasteiger partial charge < -0.3 is 10.6 Å². The molecule has 0 aliphatic rings. The highest BCUT2D eigenvalue weighted by atomic mass is 32.1. The first-order valence-electron chi connectivity index (χ1n) is 11.7. The second-order valence-corrected chi connectivity index (χ2v) is 8.80. The van der Waals surface area contributed by atoms with E-state index < -0.39 is 0 Å². The molecule has 0 fully saturated rings. The molecule has 2 N–H and O–H groups in total. The maximum atomic E-state index is 4.69. The molecule has 0 saturated carbocycles. The van der Waals surface area contributed by atoms with Crippen LogP contribution in [0, 0.1) is 0 Å². The van der Waals surface area contributed by atoms with Crippen molar-refractivity contribution in [2.45, 2.75) is 50.8 Å². The average molecular weight is 428 g/mol. The maximum absolute atomic E-state index is 4.69. The Morgan fingerprint density at radius 2 is 1.10 bits per heavy atom. The summed E-state index contributed by atoms with van der Waals surface area (Å²) >= 11 is 4.69. The van der Waals surface area contributed by atoms with Gasteiger partial charge in [-0.05, 0) is 95.8 Å². The van der Waals surface area contributed by atoms with E-state index >= 15 is 0 Å². The van der Waals surface area contributed by atoms with Crippen molar-refractivity contribution in [3.05, 3.63) is 71.8 Å². The quantitative estimate of drug-likeness (QED) is 0.192. The van der Waals surface area contributed by atoms with Gasteiger partial charge in [0.25, 0.3) is 0 Å². The molecule has 1 unspecified atom stereocenters. The van der Waals surface area contributed by atoms with Gasteiger partial charge in [-0.25, -0.2) is 0 Å². The van der Waals surface area contributed by atoms with Gasteiger partial charge in [0, 0.05) is 5.37 Å². The zero-order valence-electron chi connectivity index (χ0n) is 18.7. The largest absolute Gasteiger partial charge is 0.316 e. The number of thiol groups is 1. The Balaban J connectivity index is 1.43. The van der Waals surface area contributed by atoms with Gasteiger partial charge in [-0.1, -0.05) is 60.7 Å². The minimum Gasteiger partial charge on any atom is -0.316 e. The molecule has 0 spiro atoms. The molecule has 2 aromatic carbocycles. The summed E-state index contributed by atoms with van der Waals surface area (Å²) in [5.74, 6) is 0. The van der Waals surface area contributed by atoms with Crippen molar-refractivity contribution in [3.63, 3.8) is 0 Å². The number of nitrogens with one attached hydrogen (secondary N) is 2. The molecule has 0 aromatic heterocycles. The van der Waals surface area contributed by atoms with Crippen LogP contribution >= 0.6 is 12.6 Å². The molecular weight excluding hydrogens is 386 g/mol. The van der Waals surface area contributed by atoms with Crippen LogP contribution < -0.4 is 10.6 Å². The van der Waals surface area contributed by atoms with Crippen molar-refractivity contribution in [2.24, 2.45) is 0 Å². The predicted molar refractivity (Wildman–Crippen MR) is 135 cm³/mol. The van der Waals surface area contributed by atoms with E-state index in [2.05, 4.69) is 95.7 Å². The predicted octanol–water partition coefficient (Wildman–Crippen LogP) is 4.79. The first-order chi connectivity index (χ1) is 14.8. The van der Waals surface area contributed by atoms with Gasteiger partial charge in [0.2, 0.25) is 0 Å². The molecule has 0 aliphatic carbocycles. The van der Waals surface area contributed by atoms with Gasteiger partial charge in [0.05, 0.1) is 0 Å². The topological polar surface area (TPSA) is 27.3 Å². The van der Waals surface area contributed by atoms with Crippen LogP contribution in [0.5, 0.6) is 0 Å². The van der Waals surface area contributed by atoms with Crippen LogP contribution in [0.3, 0.4) is 0 Å². The summed E-state index contributed by atoms with van der Waals surface area (Å²) in [6.07, 6.45) is 7.15. The van der Waals surface area contributed by atoms with E-state index in [-0.39, 0.29) is 0 Å². The zero-order chi connectivity index (χ0) is 21.3. The van der Waals surface area contributed by atoms with E-state index in [0.717, 1.165) is 52.1 Å². The molecule has 30 heavy (non-hydrogen) atoms. The van der Waals surface area contributed by atoms with Gasteiger partial charge in [-0.15, -0.1) is 0 Å². The number of nitrogens with zero attached hydrogens (tertiary/aromatic N) is 1. The third-order valence-corrected chi connectivity index (χ3v) is 5.82. The third kappa shape index (κ3) is 11.8. The van der Waals surface area contributed by atoms with Crippen LogP contribution in [0.15, 0.2) is 60.7 Å². The fourth-order valence-electron chi connectivity index (χ4n) is 3.62. The molecule has 0 heterocycles. The third-order valence-electron chi connectivity index (χ3n) is 5.49. The van der Waals surface area contributed by atoms with Crippen LogP contribution in [0.25, 0.3) is 0 Å². The summed E-state index contributed by atoms with van der Waals surface area (Å²) < 4.78 is 0. The van der Waals surface area contributed by atoms with E-state index in [4.69, 9.17) is 0 Å². The van der Waals surface area contributed by atoms with Crippen molar-refractivity contribution in [1.29, 1.82) is 0 Å². The van der Waals surface area contributed by atoms with E-state index in [0.29, 0.717) is 5.37 Å². The molecule has 0 bridgehead atoms. The number of hydrogen-bond acceptors (Lipinski definition) is 4. The fourth-order valence-corrected chi connectivity index (χ4v) is 3.85. The second-order valence-electron chi connectivity index (χ2n) is 8.05. The Labute approximate surface area is 190 Å². The van der Waals surface area contributed by atoms with Crippen molar-refractivity contribution in [2.75, 3.05) is 39.3 Å². The summed E-state index contributed by atoms with van der Waals surface area (Å²) in [5.41, 5.74) is 2.82. The van der Waals surface area contributed by atoms with E-state index in [1.165, 1.54) is 36.8 Å². The lowest BCUT2D eigenvalue weighted by Gasteiger charge is -2.25. The van der Waals surface area contributed by atoms with Crippen LogP contribution in [0.4, 0.5) is 0 Å². The maximum Gasteiger partial charge on any atom is 0.0499 e. The Hall–Kier alpha value is -1.33. The molecule has 3 nitrogen and oxygen atoms in total. The highest BCUT2D eigenvalue weighted by molar-refractivity contribution is 7.80. The summed E-state index contributed by atoms with van der Waals surface area (Å²) in [4.78, 5) is 2.51. The van der Waals surface area contributed by atoms with E-state index in [1.807, 2.05) is 0 Å². The zero-order valence-corrected chi connectivity index (χ0v) is 19.6. The first kappa shape index (κ1) is 24.9. The highest BCUT2D eigenvalue weighted by Crippen LogP contribution is 2.07. The van der Waals surface area contributed by atoms with Crippen molar-refractivity contribution < 1.29 is 0 Å². The van der Waals surface area contributed by atoms with E-state index in [1.54, 1.807) is 0 Å². The number of hydrogen-bond donors (Lipinski definition) is 3. The minimum atomic E-state index is 0.335. The molecule has 2 rings (SSSR count). The van der Waals surface area contributed by atoms with Gasteiger partial charge in [0.1, 0.15) is 0 Å². The normalized spacial score (nSPS) is 12.4. The van der Waals surface area contributed by atoms with Gasteiger partial charge in [0.15, 0.2) is 0 Å². The molecule has 0 aliphatic heterocycles. The van der Waals surface area contributed by atoms with Crippen LogP contribution in [-0.4, -0.2) is 49.5 Å². The number of rotatable bonds is 17. The Morgan fingerprint density at radius 3 is 1.50 bits per heavy atom. The number of unbranched alkanes of at least 4 members (excludes halogenated alkanes) is 2. The van der Waals surface area contributed by atoms with Crippen LogP contribution in [-0.2, 0) is 12.8 Å². The van der Waals surface area contributed by atoms with Crippen LogP contribution in [0.1, 0.15) is 43.7 Å². The van der Waals surface area contributed by atoms with Crippen molar-refractivity contribution in [1.82, 2.24) is 15.5 Å². The lowest BCUT2D eigenvalue weighted by Crippen LogP contribution is -2.32. The summed E-state index contributed by atoms with van der Waals surface area (Å²) in [6.45, 7) is 8.82. The van der Waals surface area contributed by atoms with Crippen molar-refractivity contribution >= 4 is 12.6 Å². The first-order valence-corrected chi connectivity index (χ1v) is 12.2. The second kappa shape index (κ2) is 16.4. The molecule has 4 heteroatoms. The molecule has 166 valence electrons. The monoisotopic (exact) mass is 427 g/mol. The van der Waals surface area contributed by atoms with Gasteiger partial charge in [-0.3, -0.25) is 4.90 Å². The van der Waals surface area contributed by atoms with Gasteiger partial charge >= 0.3 is 0 Å². The SMILES string of the molecule is CC(S)N(CCCCNCCc1ccccc1)CCCCNCCc1ccccc1. The molecule has 1 atom stereocenters. The average Bonchev–Trinajstić information content (AvgIpc) is 2.77. The highest BCUT2D eigenvalue weighted by Gasteiger charge is 2.09. The fraction of sp³-hybridized carbons (Fsp3) is 0.538. The van der Waals surface area contributed by atoms with E-state index in [9.17, 15) is 0 Å². The number of benzene rings is 2. The van der Waals surface area contributed by atoms with Crippen molar-refractivity contribution in [3.8, 4) is 0 Å². The summed E-state index contributed by atoms with van der Waals surface area (Å²) in [5, 5.41) is 7.48. The smallest absolute Gasteiger partial charge is 0.0499 e. The Bertz CT molecular complexity index is 580. The Morgan fingerprint density at radius 1 is 0.667 bits per heavy atom. The standard InChI is InChI=1S/C26H41N3S/c1-24(30)29(22-10-8-18-27-20-16-25-12-4-2-5-13-25)23-11-9-19-28-21-17-26-14-6-3-7-15-26/h2-7,12-15,24,27-28,30H,8-11,16-23H2,1H3. The lowest BCUT2D eigenvalue weighted by molar-refractivity contribution is 0.256. The van der Waals surface area contributed by atoms with Gasteiger partial charge in [-0.2, -0.15) is 12.6 Å².